The van der Waals surface area contributed by atoms with E-state index < -0.39 is 12.0 Å². The van der Waals surface area contributed by atoms with E-state index >= 15 is 0 Å². The molecule has 0 radical (unpaired) electrons. The minimum atomic E-state index is -0.907. The predicted molar refractivity (Wildman–Crippen MR) is 56.4 cm³/mol. The number of carboxylic acid groups (broad SMARTS) is 1. The molecule has 1 rings (SSSR count). The molecule has 0 bridgehead atoms. The second kappa shape index (κ2) is 5.14. The highest BCUT2D eigenvalue weighted by atomic mass is 16.4. The molecule has 0 aromatic heterocycles. The van der Waals surface area contributed by atoms with E-state index in [0.29, 0.717) is 12.3 Å². The Bertz CT molecular complexity index is 250. The Morgan fingerprint density at radius 2 is 2.27 bits per heavy atom. The van der Waals surface area contributed by atoms with Gasteiger partial charge in [-0.3, -0.25) is 4.79 Å². The molecular weight excluding hydrogens is 194 g/mol. The van der Waals surface area contributed by atoms with Gasteiger partial charge in [-0.2, -0.15) is 0 Å². The van der Waals surface area contributed by atoms with E-state index in [1.165, 1.54) is 0 Å². The average molecular weight is 213 g/mol. The zero-order valence-corrected chi connectivity index (χ0v) is 9.32. The van der Waals surface area contributed by atoms with Crippen molar-refractivity contribution in [1.29, 1.82) is 0 Å². The lowest BCUT2D eigenvalue weighted by Crippen LogP contribution is -2.44. The number of carbonyl (C=O) groups is 2. The van der Waals surface area contributed by atoms with Crippen LogP contribution in [-0.2, 0) is 9.59 Å². The molecule has 0 saturated carbocycles. The molecular formula is C11H19NO3. The average Bonchev–Trinajstić information content (AvgIpc) is 2.27. The lowest BCUT2D eigenvalue weighted by molar-refractivity contribution is -0.143. The number of amides is 1. The summed E-state index contributed by atoms with van der Waals surface area (Å²) in [6.45, 7) is 4.15. The Balaban J connectivity index is 2.71. The van der Waals surface area contributed by atoms with Crippen LogP contribution in [0.2, 0.25) is 0 Å². The molecule has 1 amide bonds. The van der Waals surface area contributed by atoms with E-state index in [9.17, 15) is 9.59 Å². The molecule has 0 aromatic rings. The van der Waals surface area contributed by atoms with E-state index in [1.807, 2.05) is 0 Å². The van der Waals surface area contributed by atoms with Crippen LogP contribution in [0.3, 0.4) is 0 Å². The smallest absolute Gasteiger partial charge is 0.326 e. The maximum absolute atomic E-state index is 11.3. The monoisotopic (exact) mass is 213 g/mol. The van der Waals surface area contributed by atoms with Crippen molar-refractivity contribution in [1.82, 2.24) is 5.32 Å². The lowest BCUT2D eigenvalue weighted by atomic mass is 9.87. The van der Waals surface area contributed by atoms with E-state index in [2.05, 4.69) is 19.2 Å². The molecule has 1 heterocycles. The Kier molecular flexibility index (Phi) is 4.12. The summed E-state index contributed by atoms with van der Waals surface area (Å²) in [6.07, 6.45) is 2.94. The molecule has 4 heteroatoms. The Labute approximate surface area is 90.0 Å². The summed E-state index contributed by atoms with van der Waals surface area (Å²) < 4.78 is 0. The van der Waals surface area contributed by atoms with Crippen molar-refractivity contribution in [2.45, 2.75) is 45.6 Å². The molecule has 4 nitrogen and oxygen atoms in total. The number of hydrogen-bond acceptors (Lipinski definition) is 2. The van der Waals surface area contributed by atoms with Crippen molar-refractivity contribution < 1.29 is 14.7 Å². The summed E-state index contributed by atoms with van der Waals surface area (Å²) in [4.78, 5) is 22.3. The summed E-state index contributed by atoms with van der Waals surface area (Å²) in [7, 11) is 0. The molecule has 2 atom stereocenters. The number of hydrogen-bond donors (Lipinski definition) is 2. The normalized spacial score (nSPS) is 27.3. The lowest BCUT2D eigenvalue weighted by Gasteiger charge is -2.23. The fourth-order valence-corrected chi connectivity index (χ4v) is 2.18. The third-order valence-corrected chi connectivity index (χ3v) is 2.81. The highest BCUT2D eigenvalue weighted by molar-refractivity contribution is 5.84. The van der Waals surface area contributed by atoms with Crippen LogP contribution < -0.4 is 5.32 Å². The maximum Gasteiger partial charge on any atom is 0.326 e. The van der Waals surface area contributed by atoms with Crippen molar-refractivity contribution in [2.75, 3.05) is 0 Å². The first-order valence-electron chi connectivity index (χ1n) is 5.53. The number of nitrogens with one attached hydrogen (secondary N) is 1. The van der Waals surface area contributed by atoms with Crippen LogP contribution in [0.25, 0.3) is 0 Å². The van der Waals surface area contributed by atoms with Crippen LogP contribution >= 0.6 is 0 Å². The van der Waals surface area contributed by atoms with Crippen LogP contribution in [0.4, 0.5) is 0 Å². The fraction of sp³-hybridized carbons (Fsp3) is 0.818. The van der Waals surface area contributed by atoms with Gasteiger partial charge in [0.25, 0.3) is 0 Å². The van der Waals surface area contributed by atoms with Crippen molar-refractivity contribution in [3.63, 3.8) is 0 Å². The van der Waals surface area contributed by atoms with Gasteiger partial charge in [-0.15, -0.1) is 0 Å². The third-order valence-electron chi connectivity index (χ3n) is 2.81. The molecule has 86 valence electrons. The number of carboxylic acids is 1. The topological polar surface area (TPSA) is 66.4 Å². The number of carbonyl (C=O) groups excluding carboxylic acids is 1. The van der Waals surface area contributed by atoms with Crippen molar-refractivity contribution in [3.05, 3.63) is 0 Å². The molecule has 1 fully saturated rings. The van der Waals surface area contributed by atoms with Crippen LogP contribution in [0, 0.1) is 11.8 Å². The van der Waals surface area contributed by atoms with Crippen molar-refractivity contribution in [3.8, 4) is 0 Å². The quantitative estimate of drug-likeness (QED) is 0.744. The van der Waals surface area contributed by atoms with Gasteiger partial charge in [0.1, 0.15) is 6.04 Å². The SMILES string of the molecule is CC(C)CC1CCCC(=O)NC1C(=O)O. The number of rotatable bonds is 3. The molecule has 2 unspecified atom stereocenters. The van der Waals surface area contributed by atoms with Crippen LogP contribution in [0.1, 0.15) is 39.5 Å². The highest BCUT2D eigenvalue weighted by Crippen LogP contribution is 2.24. The summed E-state index contributed by atoms with van der Waals surface area (Å²) in [5, 5.41) is 11.6. The van der Waals surface area contributed by atoms with Crippen LogP contribution in [-0.4, -0.2) is 23.0 Å². The zero-order valence-electron chi connectivity index (χ0n) is 9.32. The Morgan fingerprint density at radius 3 is 2.80 bits per heavy atom. The molecule has 0 aliphatic carbocycles. The van der Waals surface area contributed by atoms with Gasteiger partial charge in [-0.05, 0) is 31.1 Å². The van der Waals surface area contributed by atoms with Gasteiger partial charge in [0.2, 0.25) is 5.91 Å². The zero-order chi connectivity index (χ0) is 11.4. The second-order valence-corrected chi connectivity index (χ2v) is 4.67. The Hall–Kier alpha value is -1.06. The van der Waals surface area contributed by atoms with Gasteiger partial charge in [0.05, 0.1) is 0 Å². The van der Waals surface area contributed by atoms with Gasteiger partial charge in [0, 0.05) is 6.42 Å². The molecule has 1 saturated heterocycles. The van der Waals surface area contributed by atoms with Crippen molar-refractivity contribution >= 4 is 11.9 Å². The van der Waals surface area contributed by atoms with E-state index in [-0.39, 0.29) is 11.8 Å². The van der Waals surface area contributed by atoms with Gasteiger partial charge >= 0.3 is 5.97 Å². The fourth-order valence-electron chi connectivity index (χ4n) is 2.18. The van der Waals surface area contributed by atoms with Gasteiger partial charge in [-0.1, -0.05) is 13.8 Å². The van der Waals surface area contributed by atoms with Gasteiger partial charge in [-0.25, -0.2) is 4.79 Å². The van der Waals surface area contributed by atoms with Crippen molar-refractivity contribution in [2.24, 2.45) is 11.8 Å². The second-order valence-electron chi connectivity index (χ2n) is 4.67. The molecule has 1 aliphatic rings. The van der Waals surface area contributed by atoms with Gasteiger partial charge in [0.15, 0.2) is 0 Å². The van der Waals surface area contributed by atoms with Crippen LogP contribution in [0.5, 0.6) is 0 Å². The molecule has 15 heavy (non-hydrogen) atoms. The van der Waals surface area contributed by atoms with E-state index in [4.69, 9.17) is 5.11 Å². The highest BCUT2D eigenvalue weighted by Gasteiger charge is 2.31. The number of aliphatic carboxylic acids is 1. The minimum absolute atomic E-state index is 0.0777. The third kappa shape index (κ3) is 3.53. The van der Waals surface area contributed by atoms with E-state index in [1.54, 1.807) is 0 Å². The van der Waals surface area contributed by atoms with E-state index in [0.717, 1.165) is 19.3 Å². The molecule has 0 aromatic carbocycles. The maximum atomic E-state index is 11.3. The Morgan fingerprint density at radius 1 is 1.60 bits per heavy atom. The first-order valence-corrected chi connectivity index (χ1v) is 5.53. The minimum Gasteiger partial charge on any atom is -0.480 e. The first kappa shape index (κ1) is 12.0. The standard InChI is InChI=1S/C11H19NO3/c1-7(2)6-8-4-3-5-9(13)12-10(8)11(14)15/h7-8,10H,3-6H2,1-2H3,(H,12,13)(H,14,15). The predicted octanol–water partition coefficient (Wildman–Crippen LogP) is 1.40. The van der Waals surface area contributed by atoms with Gasteiger partial charge < -0.3 is 10.4 Å². The summed E-state index contributed by atoms with van der Waals surface area (Å²) in [5.41, 5.74) is 0. The summed E-state index contributed by atoms with van der Waals surface area (Å²) in [5.74, 6) is -0.495. The first-order chi connectivity index (χ1) is 7.00. The largest absolute Gasteiger partial charge is 0.480 e. The van der Waals surface area contributed by atoms with Crippen LogP contribution in [0.15, 0.2) is 0 Å². The molecule has 1 aliphatic heterocycles. The molecule has 2 N–H and O–H groups in total. The molecule has 0 spiro atoms. The summed E-state index contributed by atoms with van der Waals surface area (Å²) in [6, 6.07) is -0.692. The summed E-state index contributed by atoms with van der Waals surface area (Å²) >= 11 is 0.